The fraction of sp³-hybridized carbons (Fsp3) is 0.600. The van der Waals surface area contributed by atoms with Crippen molar-refractivity contribution in [1.29, 1.82) is 0 Å². The van der Waals surface area contributed by atoms with Crippen molar-refractivity contribution in [3.63, 3.8) is 0 Å². The second-order valence-corrected chi connectivity index (χ2v) is 9.06. The Hall–Kier alpha value is -2.26. The summed E-state index contributed by atoms with van der Waals surface area (Å²) in [5, 5.41) is 12.2. The molecule has 2 saturated heterocycles. The molecule has 180 valence electrons. The van der Waals surface area contributed by atoms with Gasteiger partial charge in [-0.2, -0.15) is 0 Å². The molecule has 2 heterocycles. The number of piperazine rings is 1. The molecule has 2 N–H and O–H groups in total. The maximum Gasteiger partial charge on any atom is 0.168 e. The van der Waals surface area contributed by atoms with E-state index >= 15 is 0 Å². The molecule has 1 aromatic rings. The molecule has 0 atom stereocenters. The number of nitrogens with one attached hydrogen (secondary N) is 1. The van der Waals surface area contributed by atoms with Gasteiger partial charge in [-0.3, -0.25) is 19.4 Å². The Bertz CT molecular complexity index is 807. The van der Waals surface area contributed by atoms with Gasteiger partial charge in [0, 0.05) is 83.6 Å². The number of hydrogen-bond acceptors (Lipinski definition) is 8. The molecule has 8 heteroatoms. The zero-order valence-electron chi connectivity index (χ0n) is 19.4. The van der Waals surface area contributed by atoms with Gasteiger partial charge in [0.25, 0.3) is 0 Å². The fourth-order valence-electron chi connectivity index (χ4n) is 4.85. The van der Waals surface area contributed by atoms with Gasteiger partial charge in [0.15, 0.2) is 11.6 Å². The largest absolute Gasteiger partial charge is 0.395 e. The van der Waals surface area contributed by atoms with Crippen molar-refractivity contribution >= 4 is 17.3 Å². The number of anilines is 1. The normalized spacial score (nSPS) is 23.1. The van der Waals surface area contributed by atoms with Crippen molar-refractivity contribution in [2.45, 2.75) is 18.8 Å². The number of nitrogens with zero attached hydrogens (tertiary/aromatic N) is 3. The molecule has 8 nitrogen and oxygen atoms in total. The number of morpholine rings is 1. The molecule has 1 aromatic carbocycles. The second-order valence-electron chi connectivity index (χ2n) is 9.06. The lowest BCUT2D eigenvalue weighted by Gasteiger charge is -2.34. The van der Waals surface area contributed by atoms with Crippen LogP contribution in [-0.4, -0.2) is 105 Å². The first kappa shape index (κ1) is 23.9. The van der Waals surface area contributed by atoms with Crippen LogP contribution in [-0.2, 0) is 14.3 Å². The maximum atomic E-state index is 12.7. The van der Waals surface area contributed by atoms with Crippen molar-refractivity contribution in [2.75, 3.05) is 83.6 Å². The molecule has 0 radical (unpaired) electrons. The van der Waals surface area contributed by atoms with Crippen LogP contribution >= 0.6 is 0 Å². The van der Waals surface area contributed by atoms with Crippen molar-refractivity contribution in [1.82, 2.24) is 15.1 Å². The van der Waals surface area contributed by atoms with E-state index in [0.29, 0.717) is 25.0 Å². The van der Waals surface area contributed by atoms with Crippen LogP contribution < -0.4 is 10.2 Å². The predicted octanol–water partition coefficient (Wildman–Crippen LogP) is 0.622. The number of Topliss-reactive ketones (excluding diaryl/α,β-unsaturated/α-hetero) is 2. The lowest BCUT2D eigenvalue weighted by atomic mass is 9.80. The summed E-state index contributed by atoms with van der Waals surface area (Å²) in [4.78, 5) is 32.3. The molecule has 0 amide bonds. The molecular formula is C25H36N4O4. The number of ketones is 2. The number of rotatable bonds is 8. The zero-order chi connectivity index (χ0) is 23.0. The number of β-amino-alcohol motifs (C(OH)–C–C–N with tert-alkyl or cyclic N) is 1. The molecule has 1 saturated carbocycles. The summed E-state index contributed by atoms with van der Waals surface area (Å²) in [5.74, 6) is -0.187. The van der Waals surface area contributed by atoms with E-state index < -0.39 is 0 Å². The summed E-state index contributed by atoms with van der Waals surface area (Å²) < 4.78 is 5.41. The maximum absolute atomic E-state index is 12.7. The van der Waals surface area contributed by atoms with Crippen LogP contribution in [0, 0.1) is 0 Å². The summed E-state index contributed by atoms with van der Waals surface area (Å²) in [5.41, 5.74) is 2.53. The Balaban J connectivity index is 1.23. The van der Waals surface area contributed by atoms with Gasteiger partial charge in [-0.25, -0.2) is 0 Å². The standard InChI is InChI=1S/C25H36N4O4/c30-14-11-28-9-7-27(8-10-28)6-5-26-19-23-24(31)17-21(18-25(23)32)20-1-3-22(4-2-20)29-12-15-33-16-13-29/h1-4,19,21,26,30H,5-18H2. The van der Waals surface area contributed by atoms with Gasteiger partial charge in [-0.05, 0) is 23.6 Å². The van der Waals surface area contributed by atoms with E-state index in [0.717, 1.165) is 76.8 Å². The average Bonchev–Trinajstić information content (AvgIpc) is 2.85. The highest BCUT2D eigenvalue weighted by Crippen LogP contribution is 2.32. The molecule has 0 spiro atoms. The molecule has 3 aliphatic rings. The van der Waals surface area contributed by atoms with E-state index in [1.54, 1.807) is 6.20 Å². The van der Waals surface area contributed by atoms with Crippen LogP contribution in [0.5, 0.6) is 0 Å². The van der Waals surface area contributed by atoms with E-state index in [-0.39, 0.29) is 24.1 Å². The molecule has 4 rings (SSSR count). The molecule has 0 unspecified atom stereocenters. The molecule has 1 aliphatic carbocycles. The van der Waals surface area contributed by atoms with Crippen molar-refractivity contribution in [3.8, 4) is 0 Å². The third-order valence-electron chi connectivity index (χ3n) is 6.91. The minimum Gasteiger partial charge on any atom is -0.395 e. The Morgan fingerprint density at radius 2 is 1.52 bits per heavy atom. The lowest BCUT2D eigenvalue weighted by Crippen LogP contribution is -2.48. The highest BCUT2D eigenvalue weighted by atomic mass is 16.5. The highest BCUT2D eigenvalue weighted by molar-refractivity contribution is 6.22. The number of carbonyl (C=O) groups is 2. The molecule has 3 fully saturated rings. The number of aliphatic hydroxyl groups is 1. The summed E-state index contributed by atoms with van der Waals surface area (Å²) in [6.07, 6.45) is 2.39. The number of carbonyl (C=O) groups excluding carboxylic acids is 2. The highest BCUT2D eigenvalue weighted by Gasteiger charge is 2.31. The number of allylic oxidation sites excluding steroid dienone is 1. The van der Waals surface area contributed by atoms with Gasteiger partial charge in [-0.1, -0.05) is 12.1 Å². The molecule has 2 aliphatic heterocycles. The molecule has 33 heavy (non-hydrogen) atoms. The van der Waals surface area contributed by atoms with Crippen LogP contribution in [0.15, 0.2) is 36.0 Å². The van der Waals surface area contributed by atoms with Gasteiger partial charge >= 0.3 is 0 Å². The van der Waals surface area contributed by atoms with Gasteiger partial charge < -0.3 is 20.1 Å². The SMILES string of the molecule is O=C1CC(c2ccc(N3CCOCC3)cc2)CC(=O)C1=CNCCN1CCN(CCO)CC1. The quantitative estimate of drug-likeness (QED) is 0.335. The third-order valence-corrected chi connectivity index (χ3v) is 6.91. The summed E-state index contributed by atoms with van der Waals surface area (Å²) in [7, 11) is 0. The minimum absolute atomic E-state index is 0.0453. The second kappa shape index (κ2) is 11.7. The van der Waals surface area contributed by atoms with Gasteiger partial charge in [0.05, 0.1) is 25.4 Å². The Labute approximate surface area is 196 Å². The van der Waals surface area contributed by atoms with Crippen LogP contribution in [0.25, 0.3) is 0 Å². The molecule has 0 aromatic heterocycles. The van der Waals surface area contributed by atoms with Gasteiger partial charge in [-0.15, -0.1) is 0 Å². The monoisotopic (exact) mass is 456 g/mol. The average molecular weight is 457 g/mol. The van der Waals surface area contributed by atoms with E-state index in [9.17, 15) is 9.59 Å². The van der Waals surface area contributed by atoms with Crippen LogP contribution in [0.2, 0.25) is 0 Å². The number of aliphatic hydroxyl groups excluding tert-OH is 1. The number of ether oxygens (including phenoxy) is 1. The summed E-state index contributed by atoms with van der Waals surface area (Å²) in [6, 6.07) is 8.30. The Morgan fingerprint density at radius 1 is 0.909 bits per heavy atom. The van der Waals surface area contributed by atoms with Crippen molar-refractivity contribution < 1.29 is 19.4 Å². The third kappa shape index (κ3) is 6.41. The first-order valence-electron chi connectivity index (χ1n) is 12.1. The Morgan fingerprint density at radius 3 is 2.12 bits per heavy atom. The van der Waals surface area contributed by atoms with Crippen molar-refractivity contribution in [2.24, 2.45) is 0 Å². The molecule has 0 bridgehead atoms. The zero-order valence-corrected chi connectivity index (χ0v) is 19.4. The first-order valence-corrected chi connectivity index (χ1v) is 12.1. The van der Waals surface area contributed by atoms with E-state index in [4.69, 9.17) is 9.84 Å². The van der Waals surface area contributed by atoms with Crippen LogP contribution in [0.3, 0.4) is 0 Å². The van der Waals surface area contributed by atoms with Gasteiger partial charge in [0.1, 0.15) is 0 Å². The van der Waals surface area contributed by atoms with Crippen LogP contribution in [0.1, 0.15) is 24.3 Å². The molecular weight excluding hydrogens is 420 g/mol. The van der Waals surface area contributed by atoms with E-state index in [1.165, 1.54) is 0 Å². The topological polar surface area (TPSA) is 85.4 Å². The summed E-state index contributed by atoms with van der Waals surface area (Å²) >= 11 is 0. The summed E-state index contributed by atoms with van der Waals surface area (Å²) in [6.45, 7) is 9.68. The Kier molecular flexibility index (Phi) is 8.50. The van der Waals surface area contributed by atoms with Gasteiger partial charge in [0.2, 0.25) is 0 Å². The lowest BCUT2D eigenvalue weighted by molar-refractivity contribution is -0.124. The van der Waals surface area contributed by atoms with E-state index in [2.05, 4.69) is 44.3 Å². The predicted molar refractivity (Wildman–Crippen MR) is 128 cm³/mol. The minimum atomic E-state index is -0.0707. The number of benzene rings is 1. The first-order chi connectivity index (χ1) is 16.1. The smallest absolute Gasteiger partial charge is 0.168 e. The van der Waals surface area contributed by atoms with Crippen LogP contribution in [0.4, 0.5) is 5.69 Å². The number of hydrogen-bond donors (Lipinski definition) is 2. The van der Waals surface area contributed by atoms with Crippen molar-refractivity contribution in [3.05, 3.63) is 41.6 Å². The fourth-order valence-corrected chi connectivity index (χ4v) is 4.85. The van der Waals surface area contributed by atoms with E-state index in [1.807, 2.05) is 0 Å².